The van der Waals surface area contributed by atoms with Crippen LogP contribution < -0.4 is 16.0 Å². The molecular formula is C20H28N6. The van der Waals surface area contributed by atoms with Crippen molar-refractivity contribution in [3.63, 3.8) is 0 Å². The highest BCUT2D eigenvalue weighted by Gasteiger charge is 2.15. The predicted molar refractivity (Wildman–Crippen MR) is 109 cm³/mol. The summed E-state index contributed by atoms with van der Waals surface area (Å²) in [6, 6.07) is 10.3. The van der Waals surface area contributed by atoms with E-state index in [9.17, 15) is 0 Å². The number of aryl methyl sites for hydroxylation is 2. The third-order valence-corrected chi connectivity index (χ3v) is 4.85. The standard InChI is InChI=1S/C20H28N6/c1-15-4-5-18(12-16(15)2)24-20(21)23-14-17-6-7-22-19(13-17)26-10-8-25(3)9-11-26/h4-7,12-13H,8-11,14H2,1-3H3,(H3,21,23,24). The molecule has 1 fully saturated rings. The molecule has 3 rings (SSSR count). The van der Waals surface area contributed by atoms with E-state index in [1.807, 2.05) is 18.3 Å². The van der Waals surface area contributed by atoms with E-state index in [1.165, 1.54) is 11.1 Å². The number of aromatic nitrogens is 1. The molecule has 2 heterocycles. The van der Waals surface area contributed by atoms with Gasteiger partial charge in [0.25, 0.3) is 0 Å². The van der Waals surface area contributed by atoms with Gasteiger partial charge >= 0.3 is 0 Å². The molecule has 0 atom stereocenters. The third kappa shape index (κ3) is 4.73. The molecule has 0 saturated carbocycles. The summed E-state index contributed by atoms with van der Waals surface area (Å²) in [5, 5.41) is 3.16. The van der Waals surface area contributed by atoms with E-state index in [4.69, 9.17) is 5.73 Å². The molecule has 0 aliphatic carbocycles. The molecule has 1 aliphatic heterocycles. The monoisotopic (exact) mass is 352 g/mol. The lowest BCUT2D eigenvalue weighted by Gasteiger charge is -2.33. The van der Waals surface area contributed by atoms with Crippen LogP contribution >= 0.6 is 0 Å². The number of hydrogen-bond acceptors (Lipinski definition) is 4. The Morgan fingerprint density at radius 3 is 2.62 bits per heavy atom. The summed E-state index contributed by atoms with van der Waals surface area (Å²) in [7, 11) is 2.15. The van der Waals surface area contributed by atoms with E-state index in [0.717, 1.165) is 43.2 Å². The van der Waals surface area contributed by atoms with E-state index in [-0.39, 0.29) is 0 Å². The predicted octanol–water partition coefficient (Wildman–Crippen LogP) is 2.38. The summed E-state index contributed by atoms with van der Waals surface area (Å²) in [6.07, 6.45) is 1.85. The number of aliphatic imine (C=N–C) groups is 1. The molecule has 1 aromatic carbocycles. The highest BCUT2D eigenvalue weighted by molar-refractivity contribution is 5.92. The molecule has 2 aromatic rings. The minimum atomic E-state index is 0.422. The average Bonchev–Trinajstić information content (AvgIpc) is 2.64. The Kier molecular flexibility index (Phi) is 5.73. The van der Waals surface area contributed by atoms with E-state index < -0.39 is 0 Å². The lowest BCUT2D eigenvalue weighted by atomic mass is 10.1. The zero-order valence-electron chi connectivity index (χ0n) is 15.9. The second-order valence-corrected chi connectivity index (χ2v) is 6.94. The van der Waals surface area contributed by atoms with E-state index in [1.54, 1.807) is 0 Å². The number of nitrogens with zero attached hydrogens (tertiary/aromatic N) is 4. The fraction of sp³-hybridized carbons (Fsp3) is 0.400. The van der Waals surface area contributed by atoms with E-state index in [0.29, 0.717) is 12.5 Å². The number of nitrogens with two attached hydrogens (primary N) is 1. The van der Waals surface area contributed by atoms with Gasteiger partial charge in [-0.15, -0.1) is 0 Å². The number of guanidine groups is 1. The van der Waals surface area contributed by atoms with Gasteiger partial charge in [0.1, 0.15) is 5.82 Å². The zero-order valence-corrected chi connectivity index (χ0v) is 15.9. The van der Waals surface area contributed by atoms with Crippen LogP contribution in [0.1, 0.15) is 16.7 Å². The van der Waals surface area contributed by atoms with Crippen LogP contribution in [0, 0.1) is 13.8 Å². The van der Waals surface area contributed by atoms with Gasteiger partial charge in [-0.3, -0.25) is 0 Å². The van der Waals surface area contributed by atoms with Crippen LogP contribution in [0.5, 0.6) is 0 Å². The average molecular weight is 352 g/mol. The number of rotatable bonds is 4. The van der Waals surface area contributed by atoms with Crippen molar-refractivity contribution in [1.29, 1.82) is 0 Å². The van der Waals surface area contributed by atoms with Crippen molar-refractivity contribution in [2.45, 2.75) is 20.4 Å². The molecule has 1 saturated heterocycles. The highest BCUT2D eigenvalue weighted by atomic mass is 15.3. The summed E-state index contributed by atoms with van der Waals surface area (Å²) in [5.74, 6) is 1.44. The number of benzene rings is 1. The lowest BCUT2D eigenvalue weighted by Crippen LogP contribution is -2.44. The minimum Gasteiger partial charge on any atom is -0.370 e. The summed E-state index contributed by atoms with van der Waals surface area (Å²) in [4.78, 5) is 13.6. The SMILES string of the molecule is Cc1ccc(NC(N)=NCc2ccnc(N3CCN(C)CC3)c2)cc1C. The topological polar surface area (TPSA) is 69.8 Å². The van der Waals surface area contributed by atoms with Gasteiger partial charge < -0.3 is 20.9 Å². The number of hydrogen-bond donors (Lipinski definition) is 2. The van der Waals surface area contributed by atoms with E-state index >= 15 is 0 Å². The Morgan fingerprint density at radius 2 is 1.88 bits per heavy atom. The maximum atomic E-state index is 6.05. The smallest absolute Gasteiger partial charge is 0.193 e. The maximum absolute atomic E-state index is 6.05. The van der Waals surface area contributed by atoms with Crippen molar-refractivity contribution in [3.8, 4) is 0 Å². The molecule has 6 heteroatoms. The normalized spacial score (nSPS) is 16.0. The summed E-state index contributed by atoms with van der Waals surface area (Å²) in [6.45, 7) is 8.86. The summed E-state index contributed by atoms with van der Waals surface area (Å²) in [5.41, 5.74) is 10.6. The van der Waals surface area contributed by atoms with Gasteiger partial charge in [0.2, 0.25) is 0 Å². The largest absolute Gasteiger partial charge is 0.370 e. The van der Waals surface area contributed by atoms with Crippen LogP contribution in [0.15, 0.2) is 41.5 Å². The van der Waals surface area contributed by atoms with Crippen LogP contribution in [-0.4, -0.2) is 49.1 Å². The first-order chi connectivity index (χ1) is 12.5. The summed E-state index contributed by atoms with van der Waals surface area (Å²) >= 11 is 0. The van der Waals surface area contributed by atoms with Crippen molar-refractivity contribution in [2.24, 2.45) is 10.7 Å². The molecule has 0 spiro atoms. The molecule has 0 amide bonds. The molecule has 0 unspecified atom stereocenters. The summed E-state index contributed by atoms with van der Waals surface area (Å²) < 4.78 is 0. The molecule has 6 nitrogen and oxygen atoms in total. The van der Waals surface area contributed by atoms with Gasteiger partial charge in [-0.25, -0.2) is 9.98 Å². The van der Waals surface area contributed by atoms with Crippen LogP contribution in [-0.2, 0) is 6.54 Å². The number of anilines is 2. The van der Waals surface area contributed by atoms with Crippen molar-refractivity contribution in [3.05, 3.63) is 53.2 Å². The Hall–Kier alpha value is -2.60. The fourth-order valence-corrected chi connectivity index (χ4v) is 2.95. The molecule has 0 radical (unpaired) electrons. The highest BCUT2D eigenvalue weighted by Crippen LogP contribution is 2.16. The first-order valence-corrected chi connectivity index (χ1v) is 9.04. The quantitative estimate of drug-likeness (QED) is 0.653. The Bertz CT molecular complexity index is 778. The second-order valence-electron chi connectivity index (χ2n) is 6.94. The Labute approximate surface area is 155 Å². The van der Waals surface area contributed by atoms with Gasteiger partial charge in [0.05, 0.1) is 6.54 Å². The van der Waals surface area contributed by atoms with Gasteiger partial charge in [-0.2, -0.15) is 0 Å². The molecular weight excluding hydrogens is 324 g/mol. The number of piperazine rings is 1. The van der Waals surface area contributed by atoms with E-state index in [2.05, 4.69) is 64.2 Å². The molecule has 1 aliphatic rings. The Balaban J connectivity index is 1.62. The second kappa shape index (κ2) is 8.19. The number of likely N-dealkylation sites (N-methyl/N-ethyl adjacent to an activating group) is 1. The maximum Gasteiger partial charge on any atom is 0.193 e. The van der Waals surface area contributed by atoms with Crippen molar-refractivity contribution in [1.82, 2.24) is 9.88 Å². The van der Waals surface area contributed by atoms with Gasteiger partial charge in [0.15, 0.2) is 5.96 Å². The number of nitrogens with one attached hydrogen (secondary N) is 1. The first-order valence-electron chi connectivity index (χ1n) is 9.04. The fourth-order valence-electron chi connectivity index (χ4n) is 2.95. The van der Waals surface area contributed by atoms with Crippen molar-refractivity contribution < 1.29 is 0 Å². The molecule has 1 aromatic heterocycles. The first kappa shape index (κ1) is 18.2. The molecule has 3 N–H and O–H groups in total. The van der Waals surface area contributed by atoms with Gasteiger partial charge in [0, 0.05) is 38.1 Å². The lowest BCUT2D eigenvalue weighted by molar-refractivity contribution is 0.312. The minimum absolute atomic E-state index is 0.422. The van der Waals surface area contributed by atoms with Gasteiger partial charge in [-0.1, -0.05) is 6.07 Å². The molecule has 0 bridgehead atoms. The molecule has 138 valence electrons. The van der Waals surface area contributed by atoms with Crippen molar-refractivity contribution in [2.75, 3.05) is 43.4 Å². The number of pyridine rings is 1. The molecule has 26 heavy (non-hydrogen) atoms. The van der Waals surface area contributed by atoms with Crippen molar-refractivity contribution >= 4 is 17.5 Å². The van der Waals surface area contributed by atoms with Crippen LogP contribution in [0.3, 0.4) is 0 Å². The third-order valence-electron chi connectivity index (χ3n) is 4.85. The van der Waals surface area contributed by atoms with Crippen LogP contribution in [0.4, 0.5) is 11.5 Å². The zero-order chi connectivity index (χ0) is 18.5. The Morgan fingerprint density at radius 1 is 1.12 bits per heavy atom. The van der Waals surface area contributed by atoms with Gasteiger partial charge in [-0.05, 0) is 61.9 Å². The van der Waals surface area contributed by atoms with Crippen LogP contribution in [0.2, 0.25) is 0 Å². The van der Waals surface area contributed by atoms with Crippen LogP contribution in [0.25, 0.3) is 0 Å².